The summed E-state index contributed by atoms with van der Waals surface area (Å²) in [6.07, 6.45) is 3.68. The smallest absolute Gasteiger partial charge is 0.139 e. The van der Waals surface area contributed by atoms with Crippen molar-refractivity contribution in [2.45, 2.75) is 31.4 Å². The van der Waals surface area contributed by atoms with Crippen molar-refractivity contribution in [3.05, 3.63) is 35.4 Å². The second-order valence-corrected chi connectivity index (χ2v) is 5.28. The molecule has 1 aromatic carbocycles. The van der Waals surface area contributed by atoms with E-state index in [1.807, 2.05) is 0 Å². The molecule has 1 aliphatic carbocycles. The van der Waals surface area contributed by atoms with Crippen molar-refractivity contribution in [3.8, 4) is 0 Å². The van der Waals surface area contributed by atoms with Gasteiger partial charge in [-0.25, -0.2) is 0 Å². The molecule has 2 heteroatoms. The first-order chi connectivity index (χ1) is 7.27. The molecule has 0 amide bonds. The Morgan fingerprint density at radius 3 is 3.07 bits per heavy atom. The van der Waals surface area contributed by atoms with Gasteiger partial charge in [0.05, 0.1) is 5.75 Å². The largest absolute Gasteiger partial charge is 0.299 e. The van der Waals surface area contributed by atoms with Crippen LogP contribution in [0.25, 0.3) is 0 Å². The zero-order valence-corrected chi connectivity index (χ0v) is 9.85. The summed E-state index contributed by atoms with van der Waals surface area (Å²) in [5.41, 5.74) is 2.93. The van der Waals surface area contributed by atoms with Crippen LogP contribution in [0, 0.1) is 0 Å². The van der Waals surface area contributed by atoms with E-state index in [1.54, 1.807) is 18.7 Å². The molecule has 0 heterocycles. The fraction of sp³-hybridized carbons (Fsp3) is 0.462. The van der Waals surface area contributed by atoms with Crippen molar-refractivity contribution in [2.75, 3.05) is 5.75 Å². The lowest BCUT2D eigenvalue weighted by Gasteiger charge is -2.24. The molecule has 1 aliphatic rings. The highest BCUT2D eigenvalue weighted by molar-refractivity contribution is 8.00. The molecule has 0 spiro atoms. The minimum absolute atomic E-state index is 0.281. The van der Waals surface area contributed by atoms with Crippen LogP contribution in [0.3, 0.4) is 0 Å². The molecule has 0 bridgehead atoms. The van der Waals surface area contributed by atoms with Crippen molar-refractivity contribution in [1.82, 2.24) is 0 Å². The molecule has 0 saturated carbocycles. The summed E-state index contributed by atoms with van der Waals surface area (Å²) in [4.78, 5) is 11.0. The van der Waals surface area contributed by atoms with Gasteiger partial charge in [-0.15, -0.1) is 11.8 Å². The van der Waals surface area contributed by atoms with E-state index >= 15 is 0 Å². The van der Waals surface area contributed by atoms with E-state index < -0.39 is 0 Å². The monoisotopic (exact) mass is 220 g/mol. The summed E-state index contributed by atoms with van der Waals surface area (Å²) < 4.78 is 0. The number of fused-ring (bicyclic) bond motifs is 1. The Kier molecular flexibility index (Phi) is 3.47. The lowest BCUT2D eigenvalue weighted by atomic mass is 9.91. The van der Waals surface area contributed by atoms with E-state index in [9.17, 15) is 4.79 Å². The molecule has 0 N–H and O–H groups in total. The first-order valence-electron chi connectivity index (χ1n) is 5.46. The molecule has 0 radical (unpaired) electrons. The normalized spacial score (nSPS) is 19.7. The summed E-state index contributed by atoms with van der Waals surface area (Å²) in [5.74, 6) is 0.932. The summed E-state index contributed by atoms with van der Waals surface area (Å²) in [6.45, 7) is 1.67. The molecule has 1 atom stereocenters. The molecule has 0 aliphatic heterocycles. The molecule has 1 nitrogen and oxygen atoms in total. The molecule has 1 aromatic rings. The zero-order chi connectivity index (χ0) is 10.7. The molecule has 1 unspecified atom stereocenters. The third kappa shape index (κ3) is 2.63. The quantitative estimate of drug-likeness (QED) is 0.776. The molecule has 15 heavy (non-hydrogen) atoms. The van der Waals surface area contributed by atoms with Gasteiger partial charge in [0.15, 0.2) is 0 Å². The third-order valence-corrected chi connectivity index (χ3v) is 4.27. The predicted molar refractivity (Wildman–Crippen MR) is 65.3 cm³/mol. The molecule has 0 saturated heterocycles. The van der Waals surface area contributed by atoms with Crippen LogP contribution in [0.15, 0.2) is 24.3 Å². The molecule has 0 fully saturated rings. The number of carbonyl (C=O) groups is 1. The maximum absolute atomic E-state index is 11.0. The molecule has 0 aromatic heterocycles. The van der Waals surface area contributed by atoms with E-state index in [0.717, 1.165) is 0 Å². The second-order valence-electron chi connectivity index (χ2n) is 4.09. The fourth-order valence-electron chi connectivity index (χ4n) is 2.10. The van der Waals surface area contributed by atoms with Crippen molar-refractivity contribution < 1.29 is 4.79 Å². The molecular weight excluding hydrogens is 204 g/mol. The fourth-order valence-corrected chi connectivity index (χ4v) is 3.28. The van der Waals surface area contributed by atoms with Crippen LogP contribution >= 0.6 is 11.8 Å². The maximum Gasteiger partial charge on any atom is 0.139 e. The molecule has 2 rings (SSSR count). The van der Waals surface area contributed by atoms with Crippen molar-refractivity contribution in [3.63, 3.8) is 0 Å². The van der Waals surface area contributed by atoms with Gasteiger partial charge in [0.1, 0.15) is 5.78 Å². The number of rotatable bonds is 3. The van der Waals surface area contributed by atoms with E-state index in [-0.39, 0.29) is 5.78 Å². The Morgan fingerprint density at radius 1 is 1.47 bits per heavy atom. The highest BCUT2D eigenvalue weighted by Gasteiger charge is 2.19. The minimum atomic E-state index is 0.281. The minimum Gasteiger partial charge on any atom is -0.299 e. The SMILES string of the molecule is CC(=O)CSC1CCCc2ccccc21. The first-order valence-corrected chi connectivity index (χ1v) is 6.51. The van der Waals surface area contributed by atoms with Gasteiger partial charge in [-0.05, 0) is 37.3 Å². The number of aryl methyl sites for hydroxylation is 1. The van der Waals surface area contributed by atoms with Crippen molar-refractivity contribution in [1.29, 1.82) is 0 Å². The van der Waals surface area contributed by atoms with Crippen LogP contribution in [0.1, 0.15) is 36.1 Å². The Bertz CT molecular complexity index is 359. The van der Waals surface area contributed by atoms with Crippen molar-refractivity contribution >= 4 is 17.5 Å². The van der Waals surface area contributed by atoms with Gasteiger partial charge < -0.3 is 0 Å². The molecule has 80 valence electrons. The number of ketones is 1. The van der Waals surface area contributed by atoms with Crippen molar-refractivity contribution in [2.24, 2.45) is 0 Å². The highest BCUT2D eigenvalue weighted by atomic mass is 32.2. The van der Waals surface area contributed by atoms with E-state index in [4.69, 9.17) is 0 Å². The number of hydrogen-bond donors (Lipinski definition) is 0. The average molecular weight is 220 g/mol. The average Bonchev–Trinajstić information content (AvgIpc) is 2.26. The first kappa shape index (κ1) is 10.7. The van der Waals surface area contributed by atoms with Crippen LogP contribution in [0.4, 0.5) is 0 Å². The van der Waals surface area contributed by atoms with Crippen LogP contribution in [-0.2, 0) is 11.2 Å². The van der Waals surface area contributed by atoms with Gasteiger partial charge in [0, 0.05) is 5.25 Å². The van der Waals surface area contributed by atoms with Gasteiger partial charge in [-0.3, -0.25) is 4.79 Å². The van der Waals surface area contributed by atoms with Crippen LogP contribution < -0.4 is 0 Å². The lowest BCUT2D eigenvalue weighted by molar-refractivity contribution is -0.114. The number of hydrogen-bond acceptors (Lipinski definition) is 2. The second kappa shape index (κ2) is 4.84. The van der Waals surface area contributed by atoms with E-state index in [0.29, 0.717) is 11.0 Å². The number of thioether (sulfide) groups is 1. The Hall–Kier alpha value is -0.760. The van der Waals surface area contributed by atoms with Gasteiger partial charge in [0.25, 0.3) is 0 Å². The van der Waals surface area contributed by atoms with Gasteiger partial charge in [-0.2, -0.15) is 0 Å². The van der Waals surface area contributed by atoms with Gasteiger partial charge in [-0.1, -0.05) is 24.3 Å². The Morgan fingerprint density at radius 2 is 2.27 bits per heavy atom. The Labute approximate surface area is 95.3 Å². The Balaban J connectivity index is 2.11. The highest BCUT2D eigenvalue weighted by Crippen LogP contribution is 2.39. The summed E-state index contributed by atoms with van der Waals surface area (Å²) >= 11 is 1.80. The van der Waals surface area contributed by atoms with E-state index in [1.165, 1.54) is 30.4 Å². The number of Topliss-reactive ketones (excluding diaryl/α,β-unsaturated/α-hetero) is 1. The zero-order valence-electron chi connectivity index (χ0n) is 9.03. The van der Waals surface area contributed by atoms with Crippen LogP contribution in [-0.4, -0.2) is 11.5 Å². The van der Waals surface area contributed by atoms with Gasteiger partial charge >= 0.3 is 0 Å². The topological polar surface area (TPSA) is 17.1 Å². The number of benzene rings is 1. The standard InChI is InChI=1S/C13H16OS/c1-10(14)9-15-13-8-4-6-11-5-2-3-7-12(11)13/h2-3,5,7,13H,4,6,8-9H2,1H3. The van der Waals surface area contributed by atoms with Gasteiger partial charge in [0.2, 0.25) is 0 Å². The third-order valence-electron chi connectivity index (χ3n) is 2.80. The predicted octanol–water partition coefficient (Wildman–Crippen LogP) is 3.39. The van der Waals surface area contributed by atoms with Crippen LogP contribution in [0.5, 0.6) is 0 Å². The molecular formula is C13H16OS. The maximum atomic E-state index is 11.0. The van der Waals surface area contributed by atoms with E-state index in [2.05, 4.69) is 24.3 Å². The lowest BCUT2D eigenvalue weighted by Crippen LogP contribution is -2.08. The summed E-state index contributed by atoms with van der Waals surface area (Å²) in [7, 11) is 0. The number of carbonyl (C=O) groups excluding carboxylic acids is 1. The summed E-state index contributed by atoms with van der Waals surface area (Å²) in [6, 6.07) is 8.64. The van der Waals surface area contributed by atoms with Crippen LogP contribution in [0.2, 0.25) is 0 Å². The summed E-state index contributed by atoms with van der Waals surface area (Å²) in [5, 5.41) is 0.541.